The molecule has 1 aromatic heterocycles. The molecule has 0 saturated carbocycles. The maximum atomic E-state index is 12.3. The quantitative estimate of drug-likeness (QED) is 0.465. The number of piperidine rings is 1. The predicted octanol–water partition coefficient (Wildman–Crippen LogP) is -0.488. The summed E-state index contributed by atoms with van der Waals surface area (Å²) in [7, 11) is -4.84. The molecule has 3 heterocycles. The molecule has 13 heteroatoms. The number of nitrogens with zero attached hydrogens (tertiary/aromatic N) is 2. The highest BCUT2D eigenvalue weighted by molar-refractivity contribution is 7.80. The van der Waals surface area contributed by atoms with Crippen molar-refractivity contribution in [3.63, 3.8) is 0 Å². The van der Waals surface area contributed by atoms with E-state index in [0.29, 0.717) is 16.4 Å². The lowest BCUT2D eigenvalue weighted by Gasteiger charge is -2.29. The van der Waals surface area contributed by atoms with Gasteiger partial charge >= 0.3 is 16.4 Å². The Hall–Kier alpha value is -2.22. The number of nitrogens with one attached hydrogen (secondary N) is 2. The Morgan fingerprint density at radius 1 is 1.32 bits per heavy atom. The Labute approximate surface area is 146 Å². The van der Waals surface area contributed by atoms with Crippen molar-refractivity contribution in [1.82, 2.24) is 20.8 Å². The number of amides is 4. The van der Waals surface area contributed by atoms with Crippen LogP contribution in [0.4, 0.5) is 4.79 Å². The number of urea groups is 1. The van der Waals surface area contributed by atoms with Crippen molar-refractivity contribution in [3.05, 3.63) is 22.4 Å². The Morgan fingerprint density at radius 3 is 2.72 bits per heavy atom. The zero-order valence-electron chi connectivity index (χ0n) is 12.6. The maximum absolute atomic E-state index is 12.3. The van der Waals surface area contributed by atoms with Gasteiger partial charge in [-0.25, -0.2) is 4.79 Å². The summed E-state index contributed by atoms with van der Waals surface area (Å²) in [4.78, 5) is 37.8. The Morgan fingerprint density at radius 2 is 2.08 bits per heavy atom. The highest BCUT2D eigenvalue weighted by atomic mass is 32.3. The van der Waals surface area contributed by atoms with Crippen LogP contribution in [0.2, 0.25) is 0 Å². The molecule has 0 radical (unpaired) electrons. The molecule has 1 aromatic rings. The highest BCUT2D eigenvalue weighted by Crippen LogP contribution is 2.30. The molecule has 0 aromatic carbocycles. The number of carbonyl (C=O) groups excluding carboxylic acids is 3. The lowest BCUT2D eigenvalue weighted by molar-refractivity contribution is -0.126. The van der Waals surface area contributed by atoms with E-state index in [1.807, 2.05) is 0 Å². The fourth-order valence-corrected chi connectivity index (χ4v) is 3.78. The number of hydrazine groups is 1. The monoisotopic (exact) mass is 390 g/mol. The summed E-state index contributed by atoms with van der Waals surface area (Å²) in [6, 6.07) is 0.966. The van der Waals surface area contributed by atoms with Gasteiger partial charge in [-0.3, -0.25) is 25.0 Å². The minimum Gasteiger partial charge on any atom is -0.309 e. The van der Waals surface area contributed by atoms with Gasteiger partial charge in [-0.2, -0.15) is 13.5 Å². The van der Waals surface area contributed by atoms with Gasteiger partial charge in [0.1, 0.15) is 6.04 Å². The van der Waals surface area contributed by atoms with Crippen molar-refractivity contribution in [2.24, 2.45) is 0 Å². The summed E-state index contributed by atoms with van der Waals surface area (Å²) in [5.74, 6) is -1.09. The SMILES string of the molecule is O=C(NNC(=O)[C@@H]1CCC2CN1C(=O)N2OS(=O)(=O)O)c1cccs1. The van der Waals surface area contributed by atoms with E-state index in [2.05, 4.69) is 15.1 Å². The lowest BCUT2D eigenvalue weighted by Crippen LogP contribution is -2.54. The zero-order valence-corrected chi connectivity index (χ0v) is 14.2. The molecule has 1 unspecified atom stereocenters. The number of thiophene rings is 1. The summed E-state index contributed by atoms with van der Waals surface area (Å²) < 4.78 is 34.7. The van der Waals surface area contributed by atoms with Crippen LogP contribution in [0.3, 0.4) is 0 Å². The Balaban J connectivity index is 1.61. The molecule has 2 bridgehead atoms. The predicted molar refractivity (Wildman–Crippen MR) is 83.3 cm³/mol. The van der Waals surface area contributed by atoms with Crippen molar-refractivity contribution in [1.29, 1.82) is 0 Å². The number of hydroxylamine groups is 2. The van der Waals surface area contributed by atoms with Crippen LogP contribution in [0.15, 0.2) is 17.5 Å². The minimum absolute atomic E-state index is 0.0747. The van der Waals surface area contributed by atoms with E-state index in [1.165, 1.54) is 11.3 Å². The van der Waals surface area contributed by atoms with Gasteiger partial charge in [0.25, 0.3) is 11.8 Å². The Bertz CT molecular complexity index is 794. The van der Waals surface area contributed by atoms with E-state index >= 15 is 0 Å². The van der Waals surface area contributed by atoms with Crippen LogP contribution < -0.4 is 10.9 Å². The first-order valence-corrected chi connectivity index (χ1v) is 9.41. The third kappa shape index (κ3) is 3.73. The first-order chi connectivity index (χ1) is 11.8. The number of hydrogen-bond acceptors (Lipinski definition) is 7. The van der Waals surface area contributed by atoms with Crippen LogP contribution >= 0.6 is 11.3 Å². The van der Waals surface area contributed by atoms with Crippen molar-refractivity contribution in [2.75, 3.05) is 6.54 Å². The van der Waals surface area contributed by atoms with Gasteiger partial charge in [-0.15, -0.1) is 15.6 Å². The molecular weight excluding hydrogens is 376 g/mol. The van der Waals surface area contributed by atoms with Gasteiger partial charge in [0.2, 0.25) is 0 Å². The zero-order chi connectivity index (χ0) is 18.2. The van der Waals surface area contributed by atoms with E-state index in [1.54, 1.807) is 17.5 Å². The van der Waals surface area contributed by atoms with Gasteiger partial charge in [-0.1, -0.05) is 6.07 Å². The van der Waals surface area contributed by atoms with Crippen LogP contribution in [0.25, 0.3) is 0 Å². The Kier molecular flexibility index (Phi) is 4.64. The second kappa shape index (κ2) is 6.59. The van der Waals surface area contributed by atoms with E-state index < -0.39 is 40.3 Å². The fourth-order valence-electron chi connectivity index (χ4n) is 2.78. The number of rotatable bonds is 4. The third-order valence-electron chi connectivity index (χ3n) is 3.84. The summed E-state index contributed by atoms with van der Waals surface area (Å²) in [6.07, 6.45) is 0.553. The highest BCUT2D eigenvalue weighted by Gasteiger charge is 2.49. The van der Waals surface area contributed by atoms with Crippen LogP contribution in [0.1, 0.15) is 22.5 Å². The molecule has 4 amide bonds. The van der Waals surface area contributed by atoms with Crippen LogP contribution in [0, 0.1) is 0 Å². The van der Waals surface area contributed by atoms with E-state index in [9.17, 15) is 22.8 Å². The number of hydrogen-bond donors (Lipinski definition) is 3. The topological polar surface area (TPSA) is 145 Å². The summed E-state index contributed by atoms with van der Waals surface area (Å²) in [5.41, 5.74) is 4.51. The van der Waals surface area contributed by atoms with Crippen LogP contribution in [-0.4, -0.2) is 59.4 Å². The van der Waals surface area contributed by atoms with Gasteiger partial charge in [-0.05, 0) is 24.3 Å². The van der Waals surface area contributed by atoms with Gasteiger partial charge in [0.05, 0.1) is 10.9 Å². The molecule has 0 aliphatic carbocycles. The molecule has 0 spiro atoms. The second-order valence-electron chi connectivity index (χ2n) is 5.43. The molecule has 2 saturated heterocycles. The van der Waals surface area contributed by atoms with Gasteiger partial charge in [0.15, 0.2) is 0 Å². The first-order valence-electron chi connectivity index (χ1n) is 7.17. The molecule has 3 N–H and O–H groups in total. The van der Waals surface area contributed by atoms with Gasteiger partial charge < -0.3 is 4.90 Å². The molecule has 2 fully saturated rings. The molecule has 2 aliphatic heterocycles. The molecule has 25 heavy (non-hydrogen) atoms. The van der Waals surface area contributed by atoms with Crippen molar-refractivity contribution >= 4 is 39.6 Å². The molecule has 2 aliphatic rings. The minimum atomic E-state index is -4.84. The fraction of sp³-hybridized carbons (Fsp3) is 0.417. The van der Waals surface area contributed by atoms with Crippen molar-refractivity contribution in [2.45, 2.75) is 24.9 Å². The third-order valence-corrected chi connectivity index (χ3v) is 5.06. The summed E-state index contributed by atoms with van der Waals surface area (Å²) >= 11 is 1.20. The normalized spacial score (nSPS) is 22.8. The second-order valence-corrected chi connectivity index (χ2v) is 7.38. The van der Waals surface area contributed by atoms with E-state index in [0.717, 1.165) is 4.90 Å². The van der Waals surface area contributed by atoms with Gasteiger partial charge in [0, 0.05) is 6.54 Å². The van der Waals surface area contributed by atoms with E-state index in [-0.39, 0.29) is 13.0 Å². The maximum Gasteiger partial charge on any atom is 0.418 e. The summed E-state index contributed by atoms with van der Waals surface area (Å²) in [6.45, 7) is 0.0747. The molecular formula is C12H14N4O7S2. The van der Waals surface area contributed by atoms with Crippen LogP contribution in [-0.2, 0) is 19.5 Å². The largest absolute Gasteiger partial charge is 0.418 e. The molecule has 136 valence electrons. The number of carbonyl (C=O) groups is 3. The molecule has 2 atom stereocenters. The molecule has 3 rings (SSSR count). The lowest BCUT2D eigenvalue weighted by atomic mass is 10.0. The summed E-state index contributed by atoms with van der Waals surface area (Å²) in [5, 5.41) is 2.26. The number of fused-ring (bicyclic) bond motifs is 2. The van der Waals surface area contributed by atoms with Crippen molar-refractivity contribution < 1.29 is 31.6 Å². The van der Waals surface area contributed by atoms with E-state index in [4.69, 9.17) is 4.55 Å². The standard InChI is InChI=1S/C12H14N4O7S2/c17-10(13-14-11(18)9-2-1-5-24-9)8-4-3-7-6-15(8)12(19)16(7)23-25(20,21)22/h1-2,5,7-8H,3-4,6H2,(H,13,17)(H,14,18)(H,20,21,22)/t7?,8-/m0/s1. The average Bonchev–Trinajstić information content (AvgIpc) is 3.16. The first kappa shape index (κ1) is 17.6. The van der Waals surface area contributed by atoms with Crippen LogP contribution in [0.5, 0.6) is 0 Å². The molecule has 11 nitrogen and oxygen atoms in total. The smallest absolute Gasteiger partial charge is 0.309 e. The van der Waals surface area contributed by atoms with Crippen molar-refractivity contribution in [3.8, 4) is 0 Å². The average molecular weight is 390 g/mol.